The fraction of sp³-hybridized carbons (Fsp3) is 0.524. The molecule has 0 spiro atoms. The quantitative estimate of drug-likeness (QED) is 0.666. The van der Waals surface area contributed by atoms with Crippen molar-refractivity contribution in [2.45, 2.75) is 39.0 Å². The van der Waals surface area contributed by atoms with Crippen molar-refractivity contribution < 1.29 is 9.53 Å². The van der Waals surface area contributed by atoms with Crippen LogP contribution in [0.3, 0.4) is 0 Å². The average molecular weight is 388 g/mol. The lowest BCUT2D eigenvalue weighted by Crippen LogP contribution is -2.33. The Labute approximate surface area is 165 Å². The highest BCUT2D eigenvalue weighted by atomic mass is 32.1. The molecule has 1 saturated heterocycles. The van der Waals surface area contributed by atoms with E-state index in [1.165, 1.54) is 32.4 Å². The summed E-state index contributed by atoms with van der Waals surface area (Å²) < 4.78 is 5.47. The third-order valence-electron chi connectivity index (χ3n) is 4.73. The van der Waals surface area contributed by atoms with E-state index < -0.39 is 0 Å². The summed E-state index contributed by atoms with van der Waals surface area (Å²) in [7, 11) is 0. The van der Waals surface area contributed by atoms with Gasteiger partial charge in [-0.15, -0.1) is 11.3 Å². The van der Waals surface area contributed by atoms with Crippen molar-refractivity contribution in [2.24, 2.45) is 0 Å². The van der Waals surface area contributed by atoms with E-state index in [9.17, 15) is 4.79 Å². The van der Waals surface area contributed by atoms with Gasteiger partial charge in [0, 0.05) is 17.5 Å². The maximum atomic E-state index is 12.1. The molecule has 2 aromatic rings. The van der Waals surface area contributed by atoms with Crippen molar-refractivity contribution in [3.8, 4) is 16.3 Å². The van der Waals surface area contributed by atoms with Gasteiger partial charge in [-0.2, -0.15) is 0 Å². The van der Waals surface area contributed by atoms with Crippen LogP contribution in [0.2, 0.25) is 0 Å². The van der Waals surface area contributed by atoms with Crippen LogP contribution in [0.25, 0.3) is 10.6 Å². The van der Waals surface area contributed by atoms with Crippen LogP contribution < -0.4 is 10.1 Å². The number of thiazole rings is 1. The molecule has 6 heteroatoms. The molecule has 0 bridgehead atoms. The molecular formula is C21H29N3O2S. The Bertz CT molecular complexity index is 708. The number of piperidine rings is 1. The van der Waals surface area contributed by atoms with E-state index in [-0.39, 0.29) is 5.91 Å². The van der Waals surface area contributed by atoms with Crippen molar-refractivity contribution in [3.05, 3.63) is 35.3 Å². The Morgan fingerprint density at radius 2 is 2.00 bits per heavy atom. The molecule has 2 heterocycles. The summed E-state index contributed by atoms with van der Waals surface area (Å²) in [6.45, 7) is 6.87. The highest BCUT2D eigenvalue weighted by Gasteiger charge is 2.11. The molecular weight excluding hydrogens is 358 g/mol. The molecule has 0 radical (unpaired) electrons. The summed E-state index contributed by atoms with van der Waals surface area (Å²) in [6.07, 6.45) is 5.34. The first-order valence-electron chi connectivity index (χ1n) is 9.91. The number of carbonyl (C=O) groups excluding carboxylic acids is 1. The van der Waals surface area contributed by atoms with Crippen molar-refractivity contribution in [1.82, 2.24) is 15.2 Å². The zero-order chi connectivity index (χ0) is 18.9. The third kappa shape index (κ3) is 6.33. The third-order valence-corrected chi connectivity index (χ3v) is 5.67. The molecule has 5 nitrogen and oxygen atoms in total. The lowest BCUT2D eigenvalue weighted by Gasteiger charge is -2.26. The van der Waals surface area contributed by atoms with Crippen molar-refractivity contribution in [2.75, 3.05) is 32.8 Å². The first kappa shape index (κ1) is 19.8. The van der Waals surface area contributed by atoms with Gasteiger partial charge in [0.1, 0.15) is 10.8 Å². The number of likely N-dealkylation sites (tertiary alicyclic amines) is 1. The molecule has 0 aliphatic carbocycles. The first-order chi connectivity index (χ1) is 13.2. The molecule has 27 heavy (non-hydrogen) atoms. The number of rotatable bonds is 9. The molecule has 1 aliphatic heterocycles. The number of nitrogens with one attached hydrogen (secondary N) is 1. The van der Waals surface area contributed by atoms with Crippen molar-refractivity contribution in [3.63, 3.8) is 0 Å². The number of amides is 1. The Morgan fingerprint density at radius 3 is 2.74 bits per heavy atom. The number of hydrogen-bond acceptors (Lipinski definition) is 5. The van der Waals surface area contributed by atoms with Gasteiger partial charge in [-0.1, -0.05) is 6.42 Å². The van der Waals surface area contributed by atoms with Gasteiger partial charge in [0.05, 0.1) is 18.7 Å². The van der Waals surface area contributed by atoms with Crippen LogP contribution in [-0.2, 0) is 11.2 Å². The highest BCUT2D eigenvalue weighted by molar-refractivity contribution is 7.13. The van der Waals surface area contributed by atoms with Crippen LogP contribution in [0.1, 0.15) is 38.3 Å². The maximum absolute atomic E-state index is 12.1. The predicted octanol–water partition coefficient (Wildman–Crippen LogP) is 3.74. The number of ether oxygens (including phenoxy) is 1. The second kappa shape index (κ2) is 10.4. The van der Waals surface area contributed by atoms with Crippen LogP contribution in [0.4, 0.5) is 0 Å². The molecule has 1 aromatic heterocycles. The van der Waals surface area contributed by atoms with Gasteiger partial charge in [0.15, 0.2) is 0 Å². The molecule has 1 amide bonds. The second-order valence-electron chi connectivity index (χ2n) is 6.88. The zero-order valence-electron chi connectivity index (χ0n) is 16.1. The summed E-state index contributed by atoms with van der Waals surface area (Å²) in [6, 6.07) is 7.92. The molecule has 0 saturated carbocycles. The summed E-state index contributed by atoms with van der Waals surface area (Å²) in [5.41, 5.74) is 1.88. The summed E-state index contributed by atoms with van der Waals surface area (Å²) in [5, 5.41) is 5.93. The normalized spacial score (nSPS) is 14.9. The van der Waals surface area contributed by atoms with Crippen LogP contribution in [-0.4, -0.2) is 48.6 Å². The van der Waals surface area contributed by atoms with E-state index in [4.69, 9.17) is 4.74 Å². The van der Waals surface area contributed by atoms with Crippen LogP contribution in [0.5, 0.6) is 5.75 Å². The lowest BCUT2D eigenvalue weighted by atomic mass is 10.1. The maximum Gasteiger partial charge on any atom is 0.226 e. The van der Waals surface area contributed by atoms with Gasteiger partial charge >= 0.3 is 0 Å². The Hall–Kier alpha value is -1.92. The molecule has 1 fully saturated rings. The number of aromatic nitrogens is 1. The SMILES string of the molecule is CCOc1ccc(-c2nc(CC(=O)NCCCN3CCCCC3)cs2)cc1. The number of carbonyl (C=O) groups is 1. The summed E-state index contributed by atoms with van der Waals surface area (Å²) in [4.78, 5) is 19.3. The minimum absolute atomic E-state index is 0.0530. The van der Waals surface area contributed by atoms with Crippen LogP contribution in [0.15, 0.2) is 29.6 Å². The zero-order valence-corrected chi connectivity index (χ0v) is 16.9. The topological polar surface area (TPSA) is 54.5 Å². The van der Waals surface area contributed by atoms with Gasteiger partial charge in [0.25, 0.3) is 0 Å². The lowest BCUT2D eigenvalue weighted by molar-refractivity contribution is -0.120. The Balaban J connectivity index is 1.40. The Kier molecular flexibility index (Phi) is 7.66. The van der Waals surface area contributed by atoms with Gasteiger partial charge in [-0.3, -0.25) is 4.79 Å². The monoisotopic (exact) mass is 387 g/mol. The highest BCUT2D eigenvalue weighted by Crippen LogP contribution is 2.26. The molecule has 1 aliphatic rings. The van der Waals surface area contributed by atoms with E-state index in [0.29, 0.717) is 13.0 Å². The predicted molar refractivity (Wildman–Crippen MR) is 110 cm³/mol. The smallest absolute Gasteiger partial charge is 0.226 e. The van der Waals surface area contributed by atoms with Gasteiger partial charge in [-0.05, 0) is 70.1 Å². The standard InChI is InChI=1S/C21H29N3O2S/c1-2-26-19-9-7-17(8-10-19)21-23-18(16-27-21)15-20(25)22-11-6-14-24-12-4-3-5-13-24/h7-10,16H,2-6,11-15H2,1H3,(H,22,25). The van der Waals surface area contributed by atoms with E-state index in [0.717, 1.165) is 41.5 Å². The van der Waals surface area contributed by atoms with Gasteiger partial charge < -0.3 is 15.0 Å². The van der Waals surface area contributed by atoms with E-state index in [2.05, 4.69) is 15.2 Å². The van der Waals surface area contributed by atoms with E-state index in [1.54, 1.807) is 11.3 Å². The van der Waals surface area contributed by atoms with Gasteiger partial charge in [0.2, 0.25) is 5.91 Å². The van der Waals surface area contributed by atoms with Crippen molar-refractivity contribution in [1.29, 1.82) is 0 Å². The molecule has 0 unspecified atom stereocenters. The molecule has 0 atom stereocenters. The molecule has 1 aromatic carbocycles. The molecule has 3 rings (SSSR count). The summed E-state index contributed by atoms with van der Waals surface area (Å²) >= 11 is 1.57. The summed E-state index contributed by atoms with van der Waals surface area (Å²) in [5.74, 6) is 0.916. The minimum Gasteiger partial charge on any atom is -0.494 e. The van der Waals surface area contributed by atoms with E-state index >= 15 is 0 Å². The second-order valence-corrected chi connectivity index (χ2v) is 7.74. The Morgan fingerprint density at radius 1 is 1.22 bits per heavy atom. The average Bonchev–Trinajstić information content (AvgIpc) is 3.15. The fourth-order valence-corrected chi connectivity index (χ4v) is 4.15. The van der Waals surface area contributed by atoms with E-state index in [1.807, 2.05) is 36.6 Å². The van der Waals surface area contributed by atoms with Gasteiger partial charge in [-0.25, -0.2) is 4.98 Å². The first-order valence-corrected chi connectivity index (χ1v) is 10.8. The minimum atomic E-state index is 0.0530. The van der Waals surface area contributed by atoms with Crippen molar-refractivity contribution >= 4 is 17.2 Å². The van der Waals surface area contributed by atoms with Crippen LogP contribution in [0, 0.1) is 0 Å². The molecule has 1 N–H and O–H groups in total. The van der Waals surface area contributed by atoms with Crippen LogP contribution >= 0.6 is 11.3 Å². The largest absolute Gasteiger partial charge is 0.494 e. The number of benzene rings is 1. The fourth-order valence-electron chi connectivity index (χ4n) is 3.32. The molecule has 146 valence electrons. The number of nitrogens with zero attached hydrogens (tertiary/aromatic N) is 2. The number of hydrogen-bond donors (Lipinski definition) is 1.